The second kappa shape index (κ2) is 16.9. The second-order valence-electron chi connectivity index (χ2n) is 8.54. The number of nitrogens with one attached hydrogen (secondary N) is 1. The van der Waals surface area contributed by atoms with Gasteiger partial charge in [0.1, 0.15) is 11.2 Å². The molecule has 2 aromatic carbocycles. The number of carboxylic acid groups (broad SMARTS) is 1. The van der Waals surface area contributed by atoms with Crippen LogP contribution in [-0.2, 0) is 17.8 Å². The van der Waals surface area contributed by atoms with E-state index in [1.807, 2.05) is 48.4 Å². The summed E-state index contributed by atoms with van der Waals surface area (Å²) in [6.45, 7) is 8.33. The Kier molecular flexibility index (Phi) is 13.9. The summed E-state index contributed by atoms with van der Waals surface area (Å²) >= 11 is 1.85. The smallest absolute Gasteiger partial charge is 0.290 e. The SMILES string of the molecule is CCCNCc1ccncc1.CCCc1ccc(N2C(=P)CSC2c2ccc(F)cc2)c(C)c1.O=CO. The van der Waals surface area contributed by atoms with Crippen LogP contribution >= 0.6 is 20.6 Å². The van der Waals surface area contributed by atoms with Crippen LogP contribution in [-0.4, -0.2) is 34.3 Å². The third-order valence-corrected chi connectivity index (χ3v) is 7.54. The molecule has 0 bridgehead atoms. The van der Waals surface area contributed by atoms with Gasteiger partial charge in [-0.2, -0.15) is 0 Å². The lowest BCUT2D eigenvalue weighted by Gasteiger charge is -2.28. The molecule has 2 heterocycles. The summed E-state index contributed by atoms with van der Waals surface area (Å²) in [4.78, 5) is 14.6. The molecule has 1 aliphatic heterocycles. The van der Waals surface area contributed by atoms with E-state index in [9.17, 15) is 4.39 Å². The lowest BCUT2D eigenvalue weighted by atomic mass is 10.0. The summed E-state index contributed by atoms with van der Waals surface area (Å²) in [5.41, 5.74) is 7.47. The molecular formula is C29H37FN3O2PS. The number of aromatic nitrogens is 1. The van der Waals surface area contributed by atoms with Gasteiger partial charge in [-0.15, -0.1) is 11.8 Å². The highest BCUT2D eigenvalue weighted by atomic mass is 32.2. The molecule has 37 heavy (non-hydrogen) atoms. The van der Waals surface area contributed by atoms with Crippen LogP contribution in [0.25, 0.3) is 0 Å². The van der Waals surface area contributed by atoms with E-state index in [0.29, 0.717) is 0 Å². The van der Waals surface area contributed by atoms with Crippen molar-refractivity contribution in [3.8, 4) is 0 Å². The zero-order valence-corrected chi connectivity index (χ0v) is 23.6. The topological polar surface area (TPSA) is 65.5 Å². The molecule has 1 aromatic heterocycles. The molecule has 5 nitrogen and oxygen atoms in total. The lowest BCUT2D eigenvalue weighted by Crippen LogP contribution is -2.27. The number of rotatable bonds is 8. The van der Waals surface area contributed by atoms with Gasteiger partial charge in [-0.3, -0.25) is 9.78 Å². The van der Waals surface area contributed by atoms with Gasteiger partial charge in [-0.05, 0) is 78.9 Å². The molecule has 1 fully saturated rings. The Hall–Kier alpha value is -2.73. The fourth-order valence-electron chi connectivity index (χ4n) is 3.93. The first-order chi connectivity index (χ1) is 17.9. The van der Waals surface area contributed by atoms with E-state index < -0.39 is 0 Å². The Morgan fingerprint density at radius 1 is 1.11 bits per heavy atom. The highest BCUT2D eigenvalue weighted by Crippen LogP contribution is 2.43. The molecule has 4 rings (SSSR count). The zero-order chi connectivity index (χ0) is 27.0. The molecule has 1 atom stereocenters. The Labute approximate surface area is 226 Å². The predicted molar refractivity (Wildman–Crippen MR) is 158 cm³/mol. The molecule has 2 N–H and O–H groups in total. The van der Waals surface area contributed by atoms with Crippen LogP contribution in [0.3, 0.4) is 0 Å². The van der Waals surface area contributed by atoms with Crippen LogP contribution in [0.5, 0.6) is 0 Å². The van der Waals surface area contributed by atoms with E-state index in [4.69, 9.17) is 9.90 Å². The van der Waals surface area contributed by atoms with E-state index in [1.54, 1.807) is 0 Å². The summed E-state index contributed by atoms with van der Waals surface area (Å²) in [5.74, 6) is 0.737. The van der Waals surface area contributed by atoms with Gasteiger partial charge >= 0.3 is 0 Å². The molecule has 0 saturated carbocycles. The molecule has 1 saturated heterocycles. The van der Waals surface area contributed by atoms with Crippen molar-refractivity contribution in [3.63, 3.8) is 0 Å². The Balaban J connectivity index is 0.000000287. The summed E-state index contributed by atoms with van der Waals surface area (Å²) in [6, 6.07) is 17.6. The number of nitrogens with zero attached hydrogens (tertiary/aromatic N) is 2. The minimum atomic E-state index is -0.250. The number of hydrogen-bond donors (Lipinski definition) is 2. The number of benzene rings is 2. The lowest BCUT2D eigenvalue weighted by molar-refractivity contribution is -0.122. The summed E-state index contributed by atoms with van der Waals surface area (Å²) in [6.07, 6.45) is 7.10. The Bertz CT molecular complexity index is 1100. The molecule has 1 unspecified atom stereocenters. The molecule has 0 aliphatic carbocycles. The molecule has 198 valence electrons. The standard InChI is InChI=1S/C19H21FNPS.C9H14N2.CH2O2/c1-3-4-14-5-10-17(13(2)11-14)21-18(22)12-23-19(21)15-6-8-16(20)9-7-15;1-2-5-11-8-9-3-6-10-7-4-9;2-1-3/h5-11,19,22H,3-4,12H2,1-2H3;3-4,6-7,11H,2,5,8H2,1H3;1H,(H,2,3). The maximum atomic E-state index is 13.2. The second-order valence-corrected chi connectivity index (χ2v) is 10.2. The van der Waals surface area contributed by atoms with Crippen molar-refractivity contribution in [2.45, 2.75) is 52.0 Å². The third kappa shape index (κ3) is 9.92. The highest BCUT2D eigenvalue weighted by Gasteiger charge is 2.31. The van der Waals surface area contributed by atoms with E-state index in [1.165, 1.54) is 40.9 Å². The van der Waals surface area contributed by atoms with Gasteiger partial charge in [0.15, 0.2) is 0 Å². The van der Waals surface area contributed by atoms with Crippen LogP contribution < -0.4 is 10.2 Å². The van der Waals surface area contributed by atoms with Gasteiger partial charge < -0.3 is 15.3 Å². The molecule has 8 heteroatoms. The monoisotopic (exact) mass is 541 g/mol. The number of halogens is 1. The van der Waals surface area contributed by atoms with Gasteiger partial charge in [0.2, 0.25) is 0 Å². The van der Waals surface area contributed by atoms with Crippen LogP contribution in [0.1, 0.15) is 54.3 Å². The van der Waals surface area contributed by atoms with Crippen molar-refractivity contribution >= 4 is 38.2 Å². The number of carbonyl (C=O) groups is 1. The van der Waals surface area contributed by atoms with E-state index in [2.05, 4.69) is 63.0 Å². The number of thioether (sulfide) groups is 1. The summed E-state index contributed by atoms with van der Waals surface area (Å²) < 4.78 is 13.2. The predicted octanol–water partition coefficient (Wildman–Crippen LogP) is 6.89. The highest BCUT2D eigenvalue weighted by molar-refractivity contribution is 8.01. The largest absolute Gasteiger partial charge is 0.483 e. The quantitative estimate of drug-likeness (QED) is 0.184. The van der Waals surface area contributed by atoms with Crippen LogP contribution in [0.4, 0.5) is 10.1 Å². The van der Waals surface area contributed by atoms with Crippen LogP contribution in [0.15, 0.2) is 67.0 Å². The van der Waals surface area contributed by atoms with Crippen molar-refractivity contribution < 1.29 is 14.3 Å². The van der Waals surface area contributed by atoms with E-state index >= 15 is 0 Å². The molecular weight excluding hydrogens is 504 g/mol. The minimum absolute atomic E-state index is 0.179. The first kappa shape index (κ1) is 30.5. The molecule has 0 amide bonds. The third-order valence-electron chi connectivity index (χ3n) is 5.62. The normalized spacial score (nSPS) is 14.3. The number of anilines is 1. The van der Waals surface area contributed by atoms with Crippen molar-refractivity contribution in [2.24, 2.45) is 0 Å². The summed E-state index contributed by atoms with van der Waals surface area (Å²) in [5, 5.41) is 10.4. The van der Waals surface area contributed by atoms with E-state index in [0.717, 1.165) is 42.7 Å². The van der Waals surface area contributed by atoms with Crippen molar-refractivity contribution in [1.29, 1.82) is 0 Å². The molecule has 1 aliphatic rings. The van der Waals surface area contributed by atoms with Gasteiger partial charge in [0, 0.05) is 35.8 Å². The fraction of sp³-hybridized carbons (Fsp3) is 0.345. The number of hydrogen-bond acceptors (Lipinski definition) is 4. The van der Waals surface area contributed by atoms with Gasteiger partial charge in [-0.1, -0.05) is 53.4 Å². The molecule has 0 spiro atoms. The van der Waals surface area contributed by atoms with Crippen LogP contribution in [0.2, 0.25) is 0 Å². The average Bonchev–Trinajstić information content (AvgIpc) is 3.27. The molecule has 3 aromatic rings. The van der Waals surface area contributed by atoms with Gasteiger partial charge in [0.25, 0.3) is 6.47 Å². The number of pyridine rings is 1. The minimum Gasteiger partial charge on any atom is -0.483 e. The van der Waals surface area contributed by atoms with E-state index in [-0.39, 0.29) is 17.7 Å². The average molecular weight is 542 g/mol. The Morgan fingerprint density at radius 2 is 1.78 bits per heavy atom. The Morgan fingerprint density at radius 3 is 2.38 bits per heavy atom. The number of aryl methyl sites for hydroxylation is 2. The first-order valence-electron chi connectivity index (χ1n) is 12.5. The van der Waals surface area contributed by atoms with Gasteiger partial charge in [-0.25, -0.2) is 4.39 Å². The van der Waals surface area contributed by atoms with Crippen molar-refractivity contribution in [2.75, 3.05) is 17.2 Å². The van der Waals surface area contributed by atoms with Gasteiger partial charge in [0.05, 0.1) is 0 Å². The van der Waals surface area contributed by atoms with Crippen molar-refractivity contribution in [1.82, 2.24) is 10.3 Å². The maximum absolute atomic E-state index is 13.2. The van der Waals surface area contributed by atoms with Crippen molar-refractivity contribution in [3.05, 3.63) is 95.1 Å². The molecule has 0 radical (unpaired) electrons. The summed E-state index contributed by atoms with van der Waals surface area (Å²) in [7, 11) is 3.78. The fourth-order valence-corrected chi connectivity index (χ4v) is 5.72. The van der Waals surface area contributed by atoms with Crippen LogP contribution in [0, 0.1) is 12.7 Å². The zero-order valence-electron chi connectivity index (χ0n) is 21.8. The first-order valence-corrected chi connectivity index (χ1v) is 14.0. The maximum Gasteiger partial charge on any atom is 0.290 e.